The van der Waals surface area contributed by atoms with Crippen LogP contribution in [0.15, 0.2) is 120 Å². The minimum absolute atomic E-state index is 0.387. The van der Waals surface area contributed by atoms with Gasteiger partial charge in [0.1, 0.15) is 5.75 Å². The van der Waals surface area contributed by atoms with E-state index in [-0.39, 0.29) is 0 Å². The number of carbonyl (C=O) groups is 2. The molecule has 34 heavy (non-hydrogen) atoms. The van der Waals surface area contributed by atoms with E-state index in [1.165, 1.54) is 6.21 Å². The number of amides is 1. The summed E-state index contributed by atoms with van der Waals surface area (Å²) in [5.41, 5.74) is 2.51. The first kappa shape index (κ1) is 22.6. The zero-order chi connectivity index (χ0) is 23.8. The number of carbonyl (C=O) groups excluding carboxylic acids is 2. The van der Waals surface area contributed by atoms with E-state index in [2.05, 4.69) is 10.5 Å². The van der Waals surface area contributed by atoms with Crippen LogP contribution in [0.25, 0.3) is 0 Å². The van der Waals surface area contributed by atoms with Crippen LogP contribution >= 0.6 is 0 Å². The maximum absolute atomic E-state index is 13.0. The monoisotopic (exact) mass is 450 g/mol. The van der Waals surface area contributed by atoms with Gasteiger partial charge in [-0.3, -0.25) is 4.79 Å². The van der Waals surface area contributed by atoms with Crippen LogP contribution in [-0.2, 0) is 10.4 Å². The maximum atomic E-state index is 13.0. The van der Waals surface area contributed by atoms with Gasteiger partial charge in [-0.05, 0) is 53.1 Å². The normalized spacial score (nSPS) is 11.2. The average molecular weight is 450 g/mol. The summed E-state index contributed by atoms with van der Waals surface area (Å²) in [5.74, 6) is -0.748. The molecule has 168 valence electrons. The minimum atomic E-state index is -1.91. The first-order valence-electron chi connectivity index (χ1n) is 10.6. The number of hydrogen-bond donors (Lipinski definition) is 2. The van der Waals surface area contributed by atoms with Gasteiger partial charge in [0.25, 0.3) is 5.91 Å². The Labute approximate surface area is 197 Å². The molecule has 0 fully saturated rings. The molecule has 0 radical (unpaired) electrons. The Kier molecular flexibility index (Phi) is 6.91. The number of nitrogens with zero attached hydrogens (tertiary/aromatic N) is 1. The van der Waals surface area contributed by atoms with E-state index in [1.807, 2.05) is 18.2 Å². The zero-order valence-electron chi connectivity index (χ0n) is 18.2. The Morgan fingerprint density at radius 3 is 1.76 bits per heavy atom. The number of rotatable bonds is 7. The predicted molar refractivity (Wildman–Crippen MR) is 129 cm³/mol. The molecule has 4 aromatic rings. The summed E-state index contributed by atoms with van der Waals surface area (Å²) in [5, 5.41) is 15.4. The van der Waals surface area contributed by atoms with Crippen LogP contribution < -0.4 is 10.2 Å². The summed E-state index contributed by atoms with van der Waals surface area (Å²) in [6.07, 6.45) is 1.44. The van der Waals surface area contributed by atoms with Crippen molar-refractivity contribution in [1.29, 1.82) is 0 Å². The van der Waals surface area contributed by atoms with E-state index in [1.54, 1.807) is 97.1 Å². The maximum Gasteiger partial charge on any atom is 0.343 e. The third-order valence-electron chi connectivity index (χ3n) is 5.19. The Morgan fingerprint density at radius 1 is 0.735 bits per heavy atom. The first-order chi connectivity index (χ1) is 16.6. The molecule has 6 heteroatoms. The summed E-state index contributed by atoms with van der Waals surface area (Å²) in [7, 11) is 0. The van der Waals surface area contributed by atoms with Crippen molar-refractivity contribution < 1.29 is 19.4 Å². The number of benzene rings is 4. The van der Waals surface area contributed by atoms with Crippen molar-refractivity contribution in [1.82, 2.24) is 5.43 Å². The minimum Gasteiger partial charge on any atom is -0.423 e. The van der Waals surface area contributed by atoms with Gasteiger partial charge in [0, 0.05) is 0 Å². The molecule has 0 unspecified atom stereocenters. The fourth-order valence-corrected chi connectivity index (χ4v) is 3.40. The molecule has 4 rings (SSSR count). The summed E-state index contributed by atoms with van der Waals surface area (Å²) >= 11 is 0. The van der Waals surface area contributed by atoms with Crippen LogP contribution in [0.3, 0.4) is 0 Å². The molecule has 0 atom stereocenters. The second-order valence-corrected chi connectivity index (χ2v) is 7.47. The SMILES string of the molecule is O=C(Oc1ccc(/C=N\NC(=O)C(O)(c2ccccc2)c2ccccc2)cc1)c1ccccc1. The molecule has 0 aliphatic heterocycles. The molecule has 1 amide bonds. The summed E-state index contributed by atoms with van der Waals surface area (Å²) in [6.45, 7) is 0. The van der Waals surface area contributed by atoms with Crippen LogP contribution in [0.1, 0.15) is 27.0 Å². The molecule has 2 N–H and O–H groups in total. The fourth-order valence-electron chi connectivity index (χ4n) is 3.40. The van der Waals surface area contributed by atoms with Crippen LogP contribution in [-0.4, -0.2) is 23.2 Å². The molecular formula is C28H22N2O4. The molecule has 0 heterocycles. The number of hydrazone groups is 1. The molecule has 0 aliphatic rings. The highest BCUT2D eigenvalue weighted by molar-refractivity contribution is 5.92. The van der Waals surface area contributed by atoms with Crippen LogP contribution in [0.2, 0.25) is 0 Å². The predicted octanol–water partition coefficient (Wildman–Crippen LogP) is 4.29. The van der Waals surface area contributed by atoms with E-state index in [9.17, 15) is 14.7 Å². The lowest BCUT2D eigenvalue weighted by Crippen LogP contribution is -2.43. The van der Waals surface area contributed by atoms with Gasteiger partial charge in [-0.15, -0.1) is 0 Å². The average Bonchev–Trinajstić information content (AvgIpc) is 2.90. The van der Waals surface area contributed by atoms with Crippen molar-refractivity contribution in [3.8, 4) is 5.75 Å². The van der Waals surface area contributed by atoms with Crippen LogP contribution in [0.4, 0.5) is 0 Å². The van der Waals surface area contributed by atoms with E-state index >= 15 is 0 Å². The Hall–Kier alpha value is -4.55. The second-order valence-electron chi connectivity index (χ2n) is 7.47. The molecule has 0 bridgehead atoms. The highest BCUT2D eigenvalue weighted by Crippen LogP contribution is 2.29. The highest BCUT2D eigenvalue weighted by Gasteiger charge is 2.39. The number of esters is 1. The van der Waals surface area contributed by atoms with Crippen LogP contribution in [0, 0.1) is 0 Å². The molecular weight excluding hydrogens is 428 g/mol. The number of hydrogen-bond acceptors (Lipinski definition) is 5. The lowest BCUT2D eigenvalue weighted by Gasteiger charge is -2.27. The Bertz CT molecular complexity index is 1230. The van der Waals surface area contributed by atoms with Crippen molar-refractivity contribution >= 4 is 18.1 Å². The van der Waals surface area contributed by atoms with E-state index in [0.717, 1.165) is 0 Å². The van der Waals surface area contributed by atoms with Crippen molar-refractivity contribution in [2.24, 2.45) is 5.10 Å². The Balaban J connectivity index is 1.44. The first-order valence-corrected chi connectivity index (χ1v) is 10.6. The van der Waals surface area contributed by atoms with Crippen molar-refractivity contribution in [3.63, 3.8) is 0 Å². The smallest absolute Gasteiger partial charge is 0.343 e. The van der Waals surface area contributed by atoms with Gasteiger partial charge < -0.3 is 9.84 Å². The number of nitrogens with one attached hydrogen (secondary N) is 1. The van der Waals surface area contributed by atoms with E-state index in [4.69, 9.17) is 4.74 Å². The van der Waals surface area contributed by atoms with Crippen molar-refractivity contribution in [3.05, 3.63) is 138 Å². The largest absolute Gasteiger partial charge is 0.423 e. The van der Waals surface area contributed by atoms with Gasteiger partial charge in [0.2, 0.25) is 0 Å². The van der Waals surface area contributed by atoms with Gasteiger partial charge in [-0.1, -0.05) is 78.9 Å². The molecule has 0 aromatic heterocycles. The highest BCUT2D eigenvalue weighted by atomic mass is 16.5. The molecule has 0 spiro atoms. The van der Waals surface area contributed by atoms with Crippen LogP contribution in [0.5, 0.6) is 5.75 Å². The molecule has 6 nitrogen and oxygen atoms in total. The molecule has 0 aliphatic carbocycles. The third kappa shape index (κ3) is 5.09. The summed E-state index contributed by atoms with van der Waals surface area (Å²) in [6, 6.07) is 32.8. The lowest BCUT2D eigenvalue weighted by molar-refractivity contribution is -0.136. The van der Waals surface area contributed by atoms with Gasteiger partial charge >= 0.3 is 5.97 Å². The zero-order valence-corrected chi connectivity index (χ0v) is 18.2. The lowest BCUT2D eigenvalue weighted by atomic mass is 9.85. The van der Waals surface area contributed by atoms with E-state index < -0.39 is 17.5 Å². The van der Waals surface area contributed by atoms with Gasteiger partial charge in [0.15, 0.2) is 5.60 Å². The number of aliphatic hydroxyl groups is 1. The summed E-state index contributed by atoms with van der Waals surface area (Å²) in [4.78, 5) is 25.2. The molecule has 0 saturated heterocycles. The van der Waals surface area contributed by atoms with Crippen molar-refractivity contribution in [2.45, 2.75) is 5.60 Å². The Morgan fingerprint density at radius 2 is 1.24 bits per heavy atom. The quantitative estimate of drug-likeness (QED) is 0.190. The standard InChI is InChI=1S/C28H22N2O4/c31-26(22-10-4-1-5-11-22)34-25-18-16-21(17-19-25)20-29-30-27(32)28(33,23-12-6-2-7-13-23)24-14-8-3-9-15-24/h1-20,33H,(H,30,32)/b29-20-. The topological polar surface area (TPSA) is 88.0 Å². The second kappa shape index (κ2) is 10.4. The molecule has 4 aromatic carbocycles. The van der Waals surface area contributed by atoms with Gasteiger partial charge in [0.05, 0.1) is 11.8 Å². The fraction of sp³-hybridized carbons (Fsp3) is 0.0357. The molecule has 0 saturated carbocycles. The van der Waals surface area contributed by atoms with Gasteiger partial charge in [-0.25, -0.2) is 10.2 Å². The number of ether oxygens (including phenoxy) is 1. The van der Waals surface area contributed by atoms with Crippen molar-refractivity contribution in [2.75, 3.05) is 0 Å². The summed E-state index contributed by atoms with van der Waals surface area (Å²) < 4.78 is 5.35. The van der Waals surface area contributed by atoms with E-state index in [0.29, 0.717) is 28.0 Å². The third-order valence-corrected chi connectivity index (χ3v) is 5.19. The van der Waals surface area contributed by atoms with Gasteiger partial charge in [-0.2, -0.15) is 5.10 Å².